The van der Waals surface area contributed by atoms with E-state index in [9.17, 15) is 4.79 Å². The maximum absolute atomic E-state index is 11.8. The first-order chi connectivity index (χ1) is 8.66. The van der Waals surface area contributed by atoms with Crippen LogP contribution in [-0.2, 0) is 9.53 Å². The molecule has 0 spiro atoms. The highest BCUT2D eigenvalue weighted by Crippen LogP contribution is 2.29. The zero-order chi connectivity index (χ0) is 13.0. The van der Waals surface area contributed by atoms with Crippen LogP contribution in [-0.4, -0.2) is 12.6 Å². The molecule has 2 N–H and O–H groups in total. The number of hydrogen-bond acceptors (Lipinski definition) is 4. The molecule has 3 nitrogen and oxygen atoms in total. The predicted octanol–water partition coefficient (Wildman–Crippen LogP) is 3.12. The van der Waals surface area contributed by atoms with Crippen molar-refractivity contribution in [2.45, 2.75) is 38.6 Å². The summed E-state index contributed by atoms with van der Waals surface area (Å²) in [4.78, 5) is 12.7. The van der Waals surface area contributed by atoms with Crippen molar-refractivity contribution < 1.29 is 9.53 Å². The fraction of sp³-hybridized carbons (Fsp3) is 0.643. The number of nitrogens with two attached hydrogens (primary N) is 1. The number of ether oxygens (including phenoxy) is 1. The van der Waals surface area contributed by atoms with Crippen molar-refractivity contribution >= 4 is 17.3 Å². The number of hydrogen-bond donors (Lipinski definition) is 1. The van der Waals surface area contributed by atoms with Crippen LogP contribution in [0.3, 0.4) is 0 Å². The van der Waals surface area contributed by atoms with Crippen molar-refractivity contribution in [1.29, 1.82) is 0 Å². The zero-order valence-electron chi connectivity index (χ0n) is 10.8. The standard InChI is InChI=1S/C14H21NO2S/c1-10-4-2-5-11(8-10)9-17-14(16)13(15)12-6-3-7-18-12/h3,6-7,10-11,13H,2,4-5,8-9,15H2,1H3. The molecule has 0 radical (unpaired) electrons. The normalized spacial score (nSPS) is 25.7. The first kappa shape index (κ1) is 13.6. The van der Waals surface area contributed by atoms with Crippen molar-refractivity contribution in [3.8, 4) is 0 Å². The molecule has 4 heteroatoms. The summed E-state index contributed by atoms with van der Waals surface area (Å²) in [6, 6.07) is 3.15. The second-order valence-corrected chi connectivity index (χ2v) is 6.24. The summed E-state index contributed by atoms with van der Waals surface area (Å²) >= 11 is 1.50. The molecular formula is C14H21NO2S. The average molecular weight is 267 g/mol. The number of carbonyl (C=O) groups is 1. The Hall–Kier alpha value is -0.870. The van der Waals surface area contributed by atoms with Gasteiger partial charge in [0.1, 0.15) is 6.04 Å². The summed E-state index contributed by atoms with van der Waals surface area (Å²) in [6.07, 6.45) is 4.90. The van der Waals surface area contributed by atoms with Gasteiger partial charge in [0, 0.05) is 4.88 Å². The third-order valence-corrected chi connectivity index (χ3v) is 4.57. The predicted molar refractivity (Wildman–Crippen MR) is 73.3 cm³/mol. The Kier molecular flexibility index (Phi) is 4.78. The van der Waals surface area contributed by atoms with Crippen LogP contribution in [0.25, 0.3) is 0 Å². The second kappa shape index (κ2) is 6.34. The molecular weight excluding hydrogens is 246 g/mol. The van der Waals surface area contributed by atoms with Crippen LogP contribution in [0.15, 0.2) is 17.5 Å². The van der Waals surface area contributed by atoms with E-state index in [-0.39, 0.29) is 5.97 Å². The van der Waals surface area contributed by atoms with Gasteiger partial charge < -0.3 is 10.5 Å². The van der Waals surface area contributed by atoms with Gasteiger partial charge in [-0.3, -0.25) is 0 Å². The lowest BCUT2D eigenvalue weighted by molar-refractivity contribution is -0.147. The van der Waals surface area contributed by atoms with E-state index in [1.54, 1.807) is 0 Å². The summed E-state index contributed by atoms with van der Waals surface area (Å²) in [5, 5.41) is 1.92. The zero-order valence-corrected chi connectivity index (χ0v) is 11.6. The molecule has 3 unspecified atom stereocenters. The third kappa shape index (κ3) is 3.56. The number of thiophene rings is 1. The quantitative estimate of drug-likeness (QED) is 0.853. The van der Waals surface area contributed by atoms with Crippen molar-refractivity contribution in [2.75, 3.05) is 6.61 Å². The Morgan fingerprint density at radius 2 is 2.44 bits per heavy atom. The van der Waals surface area contributed by atoms with Gasteiger partial charge in [0.2, 0.25) is 0 Å². The molecule has 1 aliphatic rings. The van der Waals surface area contributed by atoms with Crippen molar-refractivity contribution in [2.24, 2.45) is 17.6 Å². The van der Waals surface area contributed by atoms with Crippen LogP contribution in [0.4, 0.5) is 0 Å². The third-order valence-electron chi connectivity index (χ3n) is 3.61. The molecule has 0 aromatic carbocycles. The first-order valence-corrected chi connectivity index (χ1v) is 7.50. The molecule has 100 valence electrons. The largest absolute Gasteiger partial charge is 0.464 e. The molecule has 18 heavy (non-hydrogen) atoms. The van der Waals surface area contributed by atoms with Crippen LogP contribution < -0.4 is 5.73 Å². The van der Waals surface area contributed by atoms with Gasteiger partial charge in [-0.2, -0.15) is 0 Å². The van der Waals surface area contributed by atoms with Crippen molar-refractivity contribution in [1.82, 2.24) is 0 Å². The molecule has 0 amide bonds. The van der Waals surface area contributed by atoms with Crippen molar-refractivity contribution in [3.05, 3.63) is 22.4 Å². The number of esters is 1. The van der Waals surface area contributed by atoms with Gasteiger partial charge in [0.05, 0.1) is 6.61 Å². The van der Waals surface area contributed by atoms with Gasteiger partial charge >= 0.3 is 5.97 Å². The van der Waals surface area contributed by atoms with Crippen LogP contribution in [0, 0.1) is 11.8 Å². The molecule has 1 aromatic heterocycles. The van der Waals surface area contributed by atoms with E-state index in [1.807, 2.05) is 17.5 Å². The van der Waals surface area contributed by atoms with Crippen LogP contribution in [0.5, 0.6) is 0 Å². The molecule has 1 aromatic rings. The van der Waals surface area contributed by atoms with E-state index in [0.29, 0.717) is 12.5 Å². The van der Waals surface area contributed by atoms with Crippen LogP contribution in [0.2, 0.25) is 0 Å². The van der Waals surface area contributed by atoms with Gasteiger partial charge in [-0.05, 0) is 36.1 Å². The highest BCUT2D eigenvalue weighted by molar-refractivity contribution is 7.10. The molecule has 3 atom stereocenters. The molecule has 0 aliphatic heterocycles. The van der Waals surface area contributed by atoms with Gasteiger partial charge in [-0.1, -0.05) is 25.8 Å². The maximum Gasteiger partial charge on any atom is 0.328 e. The first-order valence-electron chi connectivity index (χ1n) is 6.62. The van der Waals surface area contributed by atoms with Crippen LogP contribution in [0.1, 0.15) is 43.5 Å². The molecule has 2 rings (SSSR count). The Morgan fingerprint density at radius 3 is 3.11 bits per heavy atom. The summed E-state index contributed by atoms with van der Waals surface area (Å²) in [5.74, 6) is 0.984. The van der Waals surface area contributed by atoms with E-state index >= 15 is 0 Å². The highest BCUT2D eigenvalue weighted by Gasteiger charge is 2.23. The van der Waals surface area contributed by atoms with E-state index < -0.39 is 6.04 Å². The van der Waals surface area contributed by atoms with Gasteiger partial charge in [0.15, 0.2) is 0 Å². The van der Waals surface area contributed by atoms with E-state index in [4.69, 9.17) is 10.5 Å². The number of rotatable bonds is 4. The monoisotopic (exact) mass is 267 g/mol. The lowest BCUT2D eigenvalue weighted by Gasteiger charge is -2.26. The van der Waals surface area contributed by atoms with E-state index in [1.165, 1.54) is 37.0 Å². The van der Waals surface area contributed by atoms with E-state index in [2.05, 4.69) is 6.92 Å². The molecule has 1 aliphatic carbocycles. The molecule has 0 saturated heterocycles. The Labute approximate surface area is 112 Å². The minimum absolute atomic E-state index is 0.296. The maximum atomic E-state index is 11.8. The topological polar surface area (TPSA) is 52.3 Å². The molecule has 1 fully saturated rings. The summed E-state index contributed by atoms with van der Waals surface area (Å²) in [7, 11) is 0. The number of carbonyl (C=O) groups excluding carboxylic acids is 1. The van der Waals surface area contributed by atoms with Crippen LogP contribution >= 0.6 is 11.3 Å². The molecule has 1 heterocycles. The Bertz CT molecular complexity index is 377. The minimum Gasteiger partial charge on any atom is -0.464 e. The van der Waals surface area contributed by atoms with Gasteiger partial charge in [-0.15, -0.1) is 11.3 Å². The fourth-order valence-electron chi connectivity index (χ4n) is 2.59. The average Bonchev–Trinajstić information content (AvgIpc) is 2.89. The van der Waals surface area contributed by atoms with E-state index in [0.717, 1.165) is 10.8 Å². The van der Waals surface area contributed by atoms with Gasteiger partial charge in [0.25, 0.3) is 0 Å². The fourth-order valence-corrected chi connectivity index (χ4v) is 3.30. The van der Waals surface area contributed by atoms with Crippen molar-refractivity contribution in [3.63, 3.8) is 0 Å². The lowest BCUT2D eigenvalue weighted by Crippen LogP contribution is -2.26. The Morgan fingerprint density at radius 1 is 1.61 bits per heavy atom. The van der Waals surface area contributed by atoms with Gasteiger partial charge in [-0.25, -0.2) is 4.79 Å². The second-order valence-electron chi connectivity index (χ2n) is 5.26. The summed E-state index contributed by atoms with van der Waals surface area (Å²) < 4.78 is 5.36. The lowest BCUT2D eigenvalue weighted by atomic mass is 9.83. The smallest absolute Gasteiger partial charge is 0.328 e. The highest BCUT2D eigenvalue weighted by atomic mass is 32.1. The SMILES string of the molecule is CC1CCCC(COC(=O)C(N)c2cccs2)C1. The summed E-state index contributed by atoms with van der Waals surface area (Å²) in [6.45, 7) is 2.80. The molecule has 1 saturated carbocycles. The minimum atomic E-state index is -0.619. The summed E-state index contributed by atoms with van der Waals surface area (Å²) in [5.41, 5.74) is 5.86. The molecule has 0 bridgehead atoms. The Balaban J connectivity index is 1.77.